The molecule has 2 aliphatic heterocycles. The van der Waals surface area contributed by atoms with Crippen LogP contribution < -0.4 is 10.4 Å². The van der Waals surface area contributed by atoms with E-state index in [0.29, 0.717) is 10.4 Å². The summed E-state index contributed by atoms with van der Waals surface area (Å²) in [4.78, 5) is 8.46. The summed E-state index contributed by atoms with van der Waals surface area (Å²) in [5, 5.41) is 0. The van der Waals surface area contributed by atoms with Crippen molar-refractivity contribution >= 4 is 18.5 Å². The molecule has 3 rings (SSSR count). The van der Waals surface area contributed by atoms with Crippen molar-refractivity contribution in [3.8, 4) is 0 Å². The van der Waals surface area contributed by atoms with Crippen molar-refractivity contribution in [3.05, 3.63) is 12.4 Å². The van der Waals surface area contributed by atoms with Gasteiger partial charge in [0.2, 0.25) is 5.95 Å². The van der Waals surface area contributed by atoms with Crippen LogP contribution in [0, 0.1) is 0 Å². The summed E-state index contributed by atoms with van der Waals surface area (Å²) < 4.78 is 77.7. The van der Waals surface area contributed by atoms with Gasteiger partial charge in [-0.25, -0.2) is 9.97 Å². The molecule has 0 unspecified atom stereocenters. The fourth-order valence-corrected chi connectivity index (χ4v) is 1.90. The molecule has 0 bridgehead atoms. The molecule has 1 aromatic heterocycles. The van der Waals surface area contributed by atoms with Crippen LogP contribution in [0.5, 0.6) is 0 Å². The summed E-state index contributed by atoms with van der Waals surface area (Å²) in [5.74, 6) is -0.364. The minimum absolute atomic E-state index is 0.364. The first kappa shape index (κ1) is 7.90. The van der Waals surface area contributed by atoms with Crippen LogP contribution in [0.1, 0.15) is 38.7 Å². The maximum absolute atomic E-state index is 8.04. The molecule has 2 aliphatic rings. The summed E-state index contributed by atoms with van der Waals surface area (Å²) in [5.41, 5.74) is -0.717. The van der Waals surface area contributed by atoms with Crippen LogP contribution in [-0.4, -0.2) is 54.4 Å². The zero-order valence-corrected chi connectivity index (χ0v) is 12.3. The predicted molar refractivity (Wildman–Crippen MR) is 80.8 cm³/mol. The Bertz CT molecular complexity index is 770. The quantitative estimate of drug-likeness (QED) is 0.762. The minimum atomic E-state index is -3.16. The van der Waals surface area contributed by atoms with Gasteiger partial charge in [0.15, 0.2) is 0 Å². The largest absolute Gasteiger partial charge is 0.498 e. The van der Waals surface area contributed by atoms with E-state index in [1.807, 2.05) is 27.7 Å². The average Bonchev–Trinajstić information content (AvgIpc) is 2.73. The smallest absolute Gasteiger partial charge is 0.399 e. The highest BCUT2D eigenvalue weighted by atomic mass is 16.7. The number of rotatable bonds is 3. The van der Waals surface area contributed by atoms with Gasteiger partial charge in [-0.05, 0) is 27.7 Å². The topological polar surface area (TPSA) is 56.7 Å². The first-order valence-electron chi connectivity index (χ1n) is 10.5. The van der Waals surface area contributed by atoms with Crippen LogP contribution >= 0.6 is 0 Å². The Labute approximate surface area is 137 Å². The lowest BCUT2D eigenvalue weighted by atomic mass is 9.81. The zero-order chi connectivity index (χ0) is 22.3. The molecular weight excluding hydrogens is 269 g/mol. The maximum atomic E-state index is 8.04. The summed E-state index contributed by atoms with van der Waals surface area (Å²) >= 11 is 0. The van der Waals surface area contributed by atoms with Gasteiger partial charge in [-0.3, -0.25) is 0 Å². The molecule has 1 aromatic rings. The van der Waals surface area contributed by atoms with Crippen molar-refractivity contribution in [2.45, 2.75) is 45.0 Å². The second-order valence-corrected chi connectivity index (χ2v) is 5.89. The number of ether oxygens (including phenoxy) is 1. The summed E-state index contributed by atoms with van der Waals surface area (Å²) in [7, 11) is -3.91. The van der Waals surface area contributed by atoms with E-state index in [9.17, 15) is 0 Å². The molecule has 0 N–H and O–H groups in total. The summed E-state index contributed by atoms with van der Waals surface area (Å²) in [6, 6.07) is 0. The van der Waals surface area contributed by atoms with Gasteiger partial charge in [-0.1, -0.05) is 0 Å². The standard InChI is InChI=1S/C14H22BN3O3/c1-13(2)14(3,4)21-15(20-13)10-6-16-12(17-7-10)18-8-11(9-18)19-5/h6-7,11H,8-9H2,1-5H3/i5D3,8D2,9D2,11D. The van der Waals surface area contributed by atoms with E-state index in [-0.39, 0.29) is 5.95 Å². The van der Waals surface area contributed by atoms with E-state index >= 15 is 0 Å². The first-order chi connectivity index (χ1) is 12.9. The third-order valence-electron chi connectivity index (χ3n) is 3.91. The molecule has 2 saturated heterocycles. The lowest BCUT2D eigenvalue weighted by Crippen LogP contribution is -2.52. The lowest BCUT2D eigenvalue weighted by molar-refractivity contribution is 0.00578. The molecule has 2 fully saturated rings. The van der Waals surface area contributed by atoms with E-state index in [1.165, 1.54) is 12.4 Å². The van der Waals surface area contributed by atoms with E-state index < -0.39 is 44.4 Å². The predicted octanol–water partition coefficient (Wildman–Crippen LogP) is 0.611. The van der Waals surface area contributed by atoms with Gasteiger partial charge in [-0.15, -0.1) is 0 Å². The summed E-state index contributed by atoms with van der Waals surface area (Å²) in [6.45, 7) is 1.84. The van der Waals surface area contributed by atoms with Crippen LogP contribution in [0.25, 0.3) is 0 Å². The molecule has 0 radical (unpaired) electrons. The van der Waals surface area contributed by atoms with Crippen molar-refractivity contribution in [3.63, 3.8) is 0 Å². The van der Waals surface area contributed by atoms with Crippen LogP contribution in [0.4, 0.5) is 5.95 Å². The highest BCUT2D eigenvalue weighted by molar-refractivity contribution is 6.61. The van der Waals surface area contributed by atoms with Gasteiger partial charge in [0, 0.05) is 37.9 Å². The molecule has 114 valence electrons. The Hall–Kier alpha value is -1.18. The van der Waals surface area contributed by atoms with Gasteiger partial charge in [0.1, 0.15) is 0 Å². The molecule has 0 saturated carbocycles. The van der Waals surface area contributed by atoms with Crippen molar-refractivity contribution in [1.29, 1.82) is 0 Å². The Kier molecular flexibility index (Phi) is 1.85. The van der Waals surface area contributed by atoms with Gasteiger partial charge in [0.25, 0.3) is 0 Å². The second-order valence-electron chi connectivity index (χ2n) is 5.89. The lowest BCUT2D eigenvalue weighted by Gasteiger charge is -2.37. The number of nitrogens with zero attached hydrogens (tertiary/aromatic N) is 3. The number of hydrogen-bond acceptors (Lipinski definition) is 6. The molecule has 21 heavy (non-hydrogen) atoms. The Morgan fingerprint density at radius 3 is 2.43 bits per heavy atom. The van der Waals surface area contributed by atoms with Gasteiger partial charge >= 0.3 is 7.12 Å². The molecular formula is C14H22BN3O3. The molecule has 3 heterocycles. The van der Waals surface area contributed by atoms with E-state index in [0.717, 1.165) is 0 Å². The number of hydrogen-bond donors (Lipinski definition) is 0. The van der Waals surface area contributed by atoms with Crippen molar-refractivity contribution in [2.75, 3.05) is 24.9 Å². The fraction of sp³-hybridized carbons (Fsp3) is 0.714. The SMILES string of the molecule is [2H]C([2H])([2H])OC1([2H])C([2H])([2H])N(c2ncc(B3OC(C)(C)C(C)(C)O3)cn2)C1([2H])[2H]. The zero-order valence-electron chi connectivity index (χ0n) is 20.3. The molecule has 0 aliphatic carbocycles. The summed E-state index contributed by atoms with van der Waals surface area (Å²) in [6.07, 6.45) is -0.380. The molecule has 0 amide bonds. The third-order valence-corrected chi connectivity index (χ3v) is 3.91. The van der Waals surface area contributed by atoms with E-state index in [4.69, 9.17) is 20.3 Å². The Morgan fingerprint density at radius 1 is 1.33 bits per heavy atom. The minimum Gasteiger partial charge on any atom is -0.399 e. The molecule has 0 aromatic carbocycles. The number of anilines is 1. The van der Waals surface area contributed by atoms with Crippen LogP contribution in [-0.2, 0) is 14.0 Å². The second kappa shape index (κ2) is 4.93. The highest BCUT2D eigenvalue weighted by Gasteiger charge is 2.52. The Morgan fingerprint density at radius 2 is 1.90 bits per heavy atom. The molecule has 0 spiro atoms. The first-order valence-corrected chi connectivity index (χ1v) is 6.54. The third kappa shape index (κ3) is 2.54. The van der Waals surface area contributed by atoms with Crippen molar-refractivity contribution < 1.29 is 25.0 Å². The average molecular weight is 299 g/mol. The molecule has 7 heteroatoms. The number of methoxy groups -OCH3 is 1. The molecule has 6 nitrogen and oxygen atoms in total. The van der Waals surface area contributed by atoms with Crippen molar-refractivity contribution in [2.24, 2.45) is 0 Å². The van der Waals surface area contributed by atoms with Gasteiger partial charge in [-0.2, -0.15) is 0 Å². The van der Waals surface area contributed by atoms with Crippen LogP contribution in [0.2, 0.25) is 0 Å². The molecule has 0 atom stereocenters. The van der Waals surface area contributed by atoms with Crippen LogP contribution in [0.3, 0.4) is 0 Å². The van der Waals surface area contributed by atoms with Crippen molar-refractivity contribution in [1.82, 2.24) is 9.97 Å². The van der Waals surface area contributed by atoms with Gasteiger partial charge in [0.05, 0.1) is 28.2 Å². The van der Waals surface area contributed by atoms with E-state index in [2.05, 4.69) is 14.7 Å². The fourth-order valence-electron chi connectivity index (χ4n) is 1.90. The Balaban J connectivity index is 1.86. The maximum Gasteiger partial charge on any atom is 0.498 e. The normalized spacial score (nSPS) is 36.8. The van der Waals surface area contributed by atoms with Gasteiger partial charge < -0.3 is 18.9 Å². The highest BCUT2D eigenvalue weighted by Crippen LogP contribution is 2.36. The number of aromatic nitrogens is 2. The van der Waals surface area contributed by atoms with Crippen LogP contribution in [0.15, 0.2) is 12.4 Å². The van der Waals surface area contributed by atoms with E-state index in [1.54, 1.807) is 0 Å². The monoisotopic (exact) mass is 299 g/mol.